The van der Waals surface area contributed by atoms with Gasteiger partial charge in [-0.05, 0) is 42.8 Å². The molecular formula is C20H20N4O2. The highest BCUT2D eigenvalue weighted by molar-refractivity contribution is 6.04. The van der Waals surface area contributed by atoms with Gasteiger partial charge in [-0.15, -0.1) is 0 Å². The van der Waals surface area contributed by atoms with Crippen LogP contribution in [-0.4, -0.2) is 21.6 Å². The smallest absolute Gasteiger partial charge is 0.255 e. The fraction of sp³-hybridized carbons (Fsp3) is 0.150. The Bertz CT molecular complexity index is 886. The number of nitrogens with zero attached hydrogens (tertiary/aromatic N) is 2. The molecule has 0 saturated heterocycles. The average Bonchev–Trinajstić information content (AvgIpc) is 3.14. The third kappa shape index (κ3) is 4.80. The first-order valence-corrected chi connectivity index (χ1v) is 8.31. The molecule has 2 amide bonds. The Kier molecular flexibility index (Phi) is 5.43. The monoisotopic (exact) mass is 348 g/mol. The predicted octanol–water partition coefficient (Wildman–Crippen LogP) is 2.76. The number of aromatic nitrogens is 2. The number of benzene rings is 2. The van der Waals surface area contributed by atoms with Gasteiger partial charge >= 0.3 is 0 Å². The summed E-state index contributed by atoms with van der Waals surface area (Å²) in [6.07, 6.45) is 3.37. The van der Waals surface area contributed by atoms with Crippen LogP contribution >= 0.6 is 0 Å². The molecule has 2 N–H and O–H groups in total. The number of rotatable bonds is 6. The maximum atomic E-state index is 12.3. The number of hydrogen-bond donors (Lipinski definition) is 2. The molecular weight excluding hydrogens is 328 g/mol. The second-order valence-corrected chi connectivity index (χ2v) is 6.00. The second kappa shape index (κ2) is 8.11. The Morgan fingerprint density at radius 3 is 2.62 bits per heavy atom. The molecule has 0 spiro atoms. The van der Waals surface area contributed by atoms with E-state index in [1.807, 2.05) is 43.3 Å². The lowest BCUT2D eigenvalue weighted by atomic mass is 10.1. The summed E-state index contributed by atoms with van der Waals surface area (Å²) in [6.45, 7) is 2.54. The van der Waals surface area contributed by atoms with Crippen LogP contribution in [0.5, 0.6) is 0 Å². The number of aryl methyl sites for hydroxylation is 1. The van der Waals surface area contributed by atoms with Gasteiger partial charge in [-0.3, -0.25) is 14.3 Å². The minimum absolute atomic E-state index is 0.122. The van der Waals surface area contributed by atoms with Gasteiger partial charge in [0.2, 0.25) is 5.91 Å². The maximum absolute atomic E-state index is 12.3. The molecule has 0 saturated carbocycles. The molecule has 0 radical (unpaired) electrons. The largest absolute Gasteiger partial charge is 0.350 e. The highest BCUT2D eigenvalue weighted by Gasteiger charge is 2.07. The molecule has 0 aliphatic heterocycles. The summed E-state index contributed by atoms with van der Waals surface area (Å²) in [5.41, 5.74) is 3.30. The van der Waals surface area contributed by atoms with Gasteiger partial charge in [-0.2, -0.15) is 5.10 Å². The van der Waals surface area contributed by atoms with E-state index in [0.29, 0.717) is 17.8 Å². The topological polar surface area (TPSA) is 76.0 Å². The molecule has 0 fully saturated rings. The summed E-state index contributed by atoms with van der Waals surface area (Å²) in [4.78, 5) is 24.2. The van der Waals surface area contributed by atoms with Gasteiger partial charge < -0.3 is 10.6 Å². The average molecular weight is 348 g/mol. The highest BCUT2D eigenvalue weighted by Crippen LogP contribution is 2.13. The van der Waals surface area contributed by atoms with Crippen molar-refractivity contribution in [3.8, 4) is 0 Å². The van der Waals surface area contributed by atoms with Crippen LogP contribution in [-0.2, 0) is 17.9 Å². The van der Waals surface area contributed by atoms with E-state index < -0.39 is 0 Å². The lowest BCUT2D eigenvalue weighted by molar-refractivity contribution is -0.122. The van der Waals surface area contributed by atoms with Gasteiger partial charge in [0.15, 0.2) is 0 Å². The molecule has 0 bridgehead atoms. The molecule has 132 valence electrons. The first-order chi connectivity index (χ1) is 12.6. The summed E-state index contributed by atoms with van der Waals surface area (Å²) in [5, 5.41) is 9.72. The van der Waals surface area contributed by atoms with Gasteiger partial charge in [0, 0.05) is 30.2 Å². The van der Waals surface area contributed by atoms with Crippen LogP contribution < -0.4 is 10.6 Å². The Balaban J connectivity index is 1.56. The number of amides is 2. The first kappa shape index (κ1) is 17.4. The van der Waals surface area contributed by atoms with E-state index in [4.69, 9.17) is 0 Å². The van der Waals surface area contributed by atoms with E-state index in [2.05, 4.69) is 15.7 Å². The van der Waals surface area contributed by atoms with Crippen molar-refractivity contribution in [3.05, 3.63) is 83.7 Å². The van der Waals surface area contributed by atoms with Crippen LogP contribution in [0.3, 0.4) is 0 Å². The second-order valence-electron chi connectivity index (χ2n) is 6.00. The van der Waals surface area contributed by atoms with Crippen LogP contribution in [0.4, 0.5) is 5.69 Å². The maximum Gasteiger partial charge on any atom is 0.255 e. The van der Waals surface area contributed by atoms with Crippen LogP contribution in [0.25, 0.3) is 0 Å². The van der Waals surface area contributed by atoms with Gasteiger partial charge in [-0.1, -0.05) is 29.8 Å². The number of carbonyl (C=O) groups is 2. The van der Waals surface area contributed by atoms with Crippen molar-refractivity contribution in [2.75, 3.05) is 5.32 Å². The van der Waals surface area contributed by atoms with Gasteiger partial charge in [0.1, 0.15) is 6.54 Å². The molecule has 6 nitrogen and oxygen atoms in total. The molecule has 1 aromatic heterocycles. The lowest BCUT2D eigenvalue weighted by Gasteiger charge is -2.09. The van der Waals surface area contributed by atoms with Crippen LogP contribution in [0.1, 0.15) is 21.5 Å². The Morgan fingerprint density at radius 1 is 1.08 bits per heavy atom. The molecule has 0 aliphatic carbocycles. The number of carbonyl (C=O) groups excluding carboxylic acids is 2. The van der Waals surface area contributed by atoms with Gasteiger partial charge in [0.25, 0.3) is 5.91 Å². The molecule has 3 aromatic rings. The van der Waals surface area contributed by atoms with Crippen molar-refractivity contribution in [1.82, 2.24) is 15.1 Å². The van der Waals surface area contributed by atoms with Crippen molar-refractivity contribution in [2.45, 2.75) is 20.0 Å². The van der Waals surface area contributed by atoms with E-state index in [1.165, 1.54) is 0 Å². The predicted molar refractivity (Wildman–Crippen MR) is 99.6 cm³/mol. The fourth-order valence-corrected chi connectivity index (χ4v) is 2.46. The van der Waals surface area contributed by atoms with Crippen molar-refractivity contribution in [2.24, 2.45) is 0 Å². The van der Waals surface area contributed by atoms with Crippen LogP contribution in [0.2, 0.25) is 0 Å². The zero-order chi connectivity index (χ0) is 18.4. The van der Waals surface area contributed by atoms with E-state index in [9.17, 15) is 9.59 Å². The number of anilines is 1. The third-order valence-corrected chi connectivity index (χ3v) is 3.85. The highest BCUT2D eigenvalue weighted by atomic mass is 16.2. The molecule has 6 heteroatoms. The van der Waals surface area contributed by atoms with Crippen LogP contribution in [0.15, 0.2) is 67.0 Å². The SMILES string of the molecule is Cc1ccc(C(=O)Nc2cccc(CNC(=O)Cn3cccn3)c2)cc1. The standard InChI is InChI=1S/C20H20N4O2/c1-15-6-8-17(9-7-15)20(26)23-18-5-2-4-16(12-18)13-21-19(25)14-24-11-3-10-22-24/h2-12H,13-14H2,1H3,(H,21,25)(H,23,26). The molecule has 2 aromatic carbocycles. The van der Waals surface area contributed by atoms with Crippen molar-refractivity contribution < 1.29 is 9.59 Å². The van der Waals surface area contributed by atoms with Crippen molar-refractivity contribution >= 4 is 17.5 Å². The Morgan fingerprint density at radius 2 is 1.88 bits per heavy atom. The molecule has 0 unspecified atom stereocenters. The van der Waals surface area contributed by atoms with E-state index in [-0.39, 0.29) is 18.4 Å². The molecule has 1 heterocycles. The quantitative estimate of drug-likeness (QED) is 0.719. The summed E-state index contributed by atoms with van der Waals surface area (Å²) < 4.78 is 1.56. The zero-order valence-electron chi connectivity index (χ0n) is 14.5. The van der Waals surface area contributed by atoms with Crippen molar-refractivity contribution in [1.29, 1.82) is 0 Å². The Hall–Kier alpha value is -3.41. The minimum Gasteiger partial charge on any atom is -0.350 e. The molecule has 0 atom stereocenters. The summed E-state index contributed by atoms with van der Waals surface area (Å²) in [7, 11) is 0. The minimum atomic E-state index is -0.162. The summed E-state index contributed by atoms with van der Waals surface area (Å²) in [5.74, 6) is -0.285. The van der Waals surface area contributed by atoms with Crippen molar-refractivity contribution in [3.63, 3.8) is 0 Å². The molecule has 26 heavy (non-hydrogen) atoms. The van der Waals surface area contributed by atoms with Crippen LogP contribution in [0, 0.1) is 6.92 Å². The lowest BCUT2D eigenvalue weighted by Crippen LogP contribution is -2.27. The first-order valence-electron chi connectivity index (χ1n) is 8.31. The number of nitrogens with one attached hydrogen (secondary N) is 2. The van der Waals surface area contributed by atoms with Gasteiger partial charge in [-0.25, -0.2) is 0 Å². The van der Waals surface area contributed by atoms with E-state index in [0.717, 1.165) is 11.1 Å². The van der Waals surface area contributed by atoms with E-state index in [1.54, 1.807) is 35.3 Å². The van der Waals surface area contributed by atoms with Gasteiger partial charge in [0.05, 0.1) is 0 Å². The fourth-order valence-electron chi connectivity index (χ4n) is 2.46. The third-order valence-electron chi connectivity index (χ3n) is 3.85. The zero-order valence-corrected chi connectivity index (χ0v) is 14.5. The van der Waals surface area contributed by atoms with E-state index >= 15 is 0 Å². The summed E-state index contributed by atoms with van der Waals surface area (Å²) >= 11 is 0. The molecule has 3 rings (SSSR count). The normalized spacial score (nSPS) is 10.3. The molecule has 0 aliphatic rings. The summed E-state index contributed by atoms with van der Waals surface area (Å²) in [6, 6.07) is 16.6. The number of hydrogen-bond acceptors (Lipinski definition) is 3. The Labute approximate surface area is 151 Å².